The molecular formula is C5H10IO3-. The van der Waals surface area contributed by atoms with E-state index in [2.05, 4.69) is 0 Å². The van der Waals surface area contributed by atoms with E-state index in [1.807, 2.05) is 6.92 Å². The second kappa shape index (κ2) is 3.70. The number of halogens is 1. The fourth-order valence-electron chi connectivity index (χ4n) is 0.562. The van der Waals surface area contributed by atoms with E-state index in [0.29, 0.717) is 13.2 Å². The van der Waals surface area contributed by atoms with Crippen molar-refractivity contribution in [3.8, 4) is 0 Å². The van der Waals surface area contributed by atoms with E-state index in [0.717, 1.165) is 0 Å². The number of alkyl halides is 2. The van der Waals surface area contributed by atoms with Crippen molar-refractivity contribution in [2.24, 2.45) is 0 Å². The number of rotatable bonds is 2. The molecule has 0 spiro atoms. The number of ether oxygens (including phenoxy) is 2. The fourth-order valence-corrected chi connectivity index (χ4v) is 2.64. The molecule has 1 fully saturated rings. The summed E-state index contributed by atoms with van der Waals surface area (Å²) < 4.78 is 9.96. The zero-order valence-electron chi connectivity index (χ0n) is 5.21. The zero-order valence-corrected chi connectivity index (χ0v) is 7.37. The van der Waals surface area contributed by atoms with Gasteiger partial charge in [0, 0.05) is 0 Å². The summed E-state index contributed by atoms with van der Waals surface area (Å²) in [5.41, 5.74) is 0. The zero-order chi connectivity index (χ0) is 6.69. The Labute approximate surface area is 64.6 Å². The van der Waals surface area contributed by atoms with Crippen LogP contribution in [0.15, 0.2) is 0 Å². The molecule has 2 atom stereocenters. The van der Waals surface area contributed by atoms with Crippen molar-refractivity contribution in [1.82, 2.24) is 0 Å². The molecule has 0 aromatic carbocycles. The summed E-state index contributed by atoms with van der Waals surface area (Å²) in [4.78, 5) is 0. The minimum absolute atomic E-state index is 0.0520. The molecule has 56 valence electrons. The van der Waals surface area contributed by atoms with Crippen molar-refractivity contribution in [1.29, 1.82) is 0 Å². The van der Waals surface area contributed by atoms with Crippen LogP contribution >= 0.6 is 0 Å². The van der Waals surface area contributed by atoms with Crippen molar-refractivity contribution < 1.29 is 35.8 Å². The van der Waals surface area contributed by atoms with Gasteiger partial charge in [0.1, 0.15) is 0 Å². The van der Waals surface area contributed by atoms with Crippen molar-refractivity contribution >= 4 is 0 Å². The van der Waals surface area contributed by atoms with Crippen LogP contribution in [0.1, 0.15) is 6.92 Å². The third kappa shape index (κ3) is 2.37. The van der Waals surface area contributed by atoms with Crippen LogP contribution in [-0.4, -0.2) is 26.7 Å². The first-order valence-corrected chi connectivity index (χ1v) is 5.35. The molecular weight excluding hydrogens is 235 g/mol. The van der Waals surface area contributed by atoms with Crippen LogP contribution in [0.5, 0.6) is 0 Å². The number of aliphatic hydroxyl groups is 1. The molecule has 0 aromatic rings. The van der Waals surface area contributed by atoms with Crippen molar-refractivity contribution in [3.63, 3.8) is 0 Å². The maximum absolute atomic E-state index is 8.97. The van der Waals surface area contributed by atoms with Gasteiger partial charge in [-0.05, 0) is 0 Å². The van der Waals surface area contributed by atoms with Crippen LogP contribution in [0, 0.1) is 0 Å². The quantitative estimate of drug-likeness (QED) is 0.410. The predicted octanol–water partition coefficient (Wildman–Crippen LogP) is -3.26. The molecule has 1 aliphatic heterocycles. The summed E-state index contributed by atoms with van der Waals surface area (Å²) in [5.74, 6) is 0. The van der Waals surface area contributed by atoms with Gasteiger partial charge in [0.2, 0.25) is 0 Å². The molecule has 0 aliphatic carbocycles. The van der Waals surface area contributed by atoms with Crippen LogP contribution in [0.25, 0.3) is 0 Å². The van der Waals surface area contributed by atoms with Crippen LogP contribution < -0.4 is 21.2 Å². The summed E-state index contributed by atoms with van der Waals surface area (Å²) in [5, 5.41) is 8.97. The summed E-state index contributed by atoms with van der Waals surface area (Å²) in [6.07, 6.45) is 0. The Hall–Kier alpha value is 0.610. The van der Waals surface area contributed by atoms with Gasteiger partial charge in [0.15, 0.2) is 0 Å². The normalized spacial score (nSPS) is 36.2. The average molecular weight is 245 g/mol. The molecule has 0 aromatic heterocycles. The molecule has 9 heavy (non-hydrogen) atoms. The second-order valence-electron chi connectivity index (χ2n) is 1.62. The van der Waals surface area contributed by atoms with Crippen molar-refractivity contribution in [3.05, 3.63) is 0 Å². The van der Waals surface area contributed by atoms with Gasteiger partial charge in [0.25, 0.3) is 0 Å². The van der Waals surface area contributed by atoms with Gasteiger partial charge >= 0.3 is 64.3 Å². The van der Waals surface area contributed by atoms with Crippen molar-refractivity contribution in [2.45, 2.75) is 15.3 Å². The van der Waals surface area contributed by atoms with E-state index in [4.69, 9.17) is 14.6 Å². The van der Waals surface area contributed by atoms with Crippen LogP contribution in [0.2, 0.25) is 0 Å². The second-order valence-corrected chi connectivity index (χ2v) is 4.80. The summed E-state index contributed by atoms with van der Waals surface area (Å²) >= 11 is -0.282. The molecule has 0 amide bonds. The average Bonchev–Trinajstić information content (AvgIpc) is 2.17. The van der Waals surface area contributed by atoms with Gasteiger partial charge in [-0.3, -0.25) is 0 Å². The summed E-state index contributed by atoms with van der Waals surface area (Å²) in [6, 6.07) is 0. The van der Waals surface area contributed by atoms with Gasteiger partial charge in [-0.2, -0.15) is 0 Å². The molecule has 4 heteroatoms. The Kier molecular flexibility index (Phi) is 3.17. The van der Waals surface area contributed by atoms with E-state index in [9.17, 15) is 0 Å². The first-order chi connectivity index (χ1) is 4.33. The molecule has 0 bridgehead atoms. The first-order valence-electron chi connectivity index (χ1n) is 2.86. The van der Waals surface area contributed by atoms with Gasteiger partial charge in [0.05, 0.1) is 0 Å². The Morgan fingerprint density at radius 3 is 3.11 bits per heavy atom. The summed E-state index contributed by atoms with van der Waals surface area (Å²) in [7, 11) is 0. The Bertz CT molecular complexity index is 86.3. The SMILES string of the molecule is CCOC1OCC(O)[I-]1. The van der Waals surface area contributed by atoms with Crippen LogP contribution in [0.3, 0.4) is 0 Å². The van der Waals surface area contributed by atoms with Gasteiger partial charge in [-0.1, -0.05) is 0 Å². The molecule has 1 aliphatic rings. The number of hydrogen-bond donors (Lipinski definition) is 1. The first kappa shape index (κ1) is 7.71. The molecule has 0 saturated carbocycles. The maximum atomic E-state index is 8.97. The molecule has 1 saturated heterocycles. The topological polar surface area (TPSA) is 38.7 Å². The molecule has 2 unspecified atom stereocenters. The standard InChI is InChI=1S/C5H10IO3/c1-2-8-5-6-4(7)3-9-5/h4-5,7H,2-3H2,1H3/q-1. The number of aliphatic hydroxyl groups excluding tert-OH is 1. The number of hydrogen-bond acceptors (Lipinski definition) is 3. The van der Waals surface area contributed by atoms with E-state index in [1.165, 1.54) is 0 Å². The third-order valence-corrected chi connectivity index (χ3v) is 3.41. The molecule has 1 rings (SSSR count). The van der Waals surface area contributed by atoms with E-state index < -0.39 is 0 Å². The fraction of sp³-hybridized carbons (Fsp3) is 1.00. The Morgan fingerprint density at radius 1 is 1.89 bits per heavy atom. The van der Waals surface area contributed by atoms with Gasteiger partial charge in [-0.15, -0.1) is 0 Å². The Morgan fingerprint density at radius 2 is 2.67 bits per heavy atom. The molecule has 0 radical (unpaired) electrons. The Balaban J connectivity index is 2.14. The third-order valence-electron chi connectivity index (χ3n) is 0.911. The molecule has 1 heterocycles. The van der Waals surface area contributed by atoms with Gasteiger partial charge < -0.3 is 0 Å². The summed E-state index contributed by atoms with van der Waals surface area (Å²) in [6.45, 7) is 3.08. The van der Waals surface area contributed by atoms with Crippen LogP contribution in [0.4, 0.5) is 0 Å². The van der Waals surface area contributed by atoms with E-state index in [1.54, 1.807) is 0 Å². The molecule has 3 nitrogen and oxygen atoms in total. The van der Waals surface area contributed by atoms with Crippen molar-refractivity contribution in [2.75, 3.05) is 13.2 Å². The van der Waals surface area contributed by atoms with E-state index >= 15 is 0 Å². The van der Waals surface area contributed by atoms with Gasteiger partial charge in [-0.25, -0.2) is 0 Å². The molecule has 1 N–H and O–H groups in total. The monoisotopic (exact) mass is 245 g/mol. The van der Waals surface area contributed by atoms with E-state index in [-0.39, 0.29) is 29.6 Å². The predicted molar refractivity (Wildman–Crippen MR) is 27.4 cm³/mol. The minimum atomic E-state index is -0.282. The van der Waals surface area contributed by atoms with Crippen LogP contribution in [-0.2, 0) is 9.47 Å².